The van der Waals surface area contributed by atoms with Crippen LogP contribution in [-0.2, 0) is 4.79 Å². The van der Waals surface area contributed by atoms with Crippen molar-refractivity contribution < 1.29 is 13.9 Å². The Morgan fingerprint density at radius 3 is 2.35 bits per heavy atom. The van der Waals surface area contributed by atoms with E-state index in [1.165, 1.54) is 24.3 Å². The summed E-state index contributed by atoms with van der Waals surface area (Å²) in [4.78, 5) is 11.9. The summed E-state index contributed by atoms with van der Waals surface area (Å²) < 4.78 is 19.1. The first-order valence-corrected chi connectivity index (χ1v) is 6.82. The summed E-state index contributed by atoms with van der Waals surface area (Å²) in [5.74, 6) is -0.161. The summed E-state index contributed by atoms with van der Waals surface area (Å²) in [6.07, 6.45) is -0.677. The number of ether oxygens (including phenoxy) is 1. The van der Waals surface area contributed by atoms with E-state index in [1.807, 2.05) is 12.1 Å². The quantitative estimate of drug-likeness (QED) is 0.915. The molecule has 2 rings (SSSR count). The third-order valence-electron chi connectivity index (χ3n) is 2.61. The number of benzene rings is 2. The van der Waals surface area contributed by atoms with E-state index in [9.17, 15) is 9.18 Å². The van der Waals surface area contributed by atoms with E-state index in [0.717, 1.165) is 4.47 Å². The molecule has 1 N–H and O–H groups in total. The van der Waals surface area contributed by atoms with Gasteiger partial charge in [-0.05, 0) is 55.5 Å². The molecule has 20 heavy (non-hydrogen) atoms. The van der Waals surface area contributed by atoms with E-state index >= 15 is 0 Å². The van der Waals surface area contributed by atoms with Gasteiger partial charge in [0.05, 0.1) is 0 Å². The molecule has 2 aromatic carbocycles. The number of halogens is 2. The van der Waals surface area contributed by atoms with Crippen LogP contribution in [0.15, 0.2) is 53.0 Å². The lowest BCUT2D eigenvalue weighted by Crippen LogP contribution is -2.30. The van der Waals surface area contributed by atoms with E-state index in [0.29, 0.717) is 11.4 Å². The molecule has 0 aromatic heterocycles. The molecule has 1 amide bonds. The number of rotatable bonds is 4. The number of anilines is 1. The first-order valence-electron chi connectivity index (χ1n) is 6.03. The zero-order valence-electron chi connectivity index (χ0n) is 10.8. The highest BCUT2D eigenvalue weighted by Crippen LogP contribution is 2.16. The average Bonchev–Trinajstić information content (AvgIpc) is 2.44. The Morgan fingerprint density at radius 2 is 1.75 bits per heavy atom. The maximum atomic E-state index is 12.8. The number of hydrogen-bond donors (Lipinski definition) is 1. The van der Waals surface area contributed by atoms with E-state index in [2.05, 4.69) is 21.2 Å². The van der Waals surface area contributed by atoms with Crippen molar-refractivity contribution in [3.63, 3.8) is 0 Å². The lowest BCUT2D eigenvalue weighted by atomic mass is 10.3. The van der Waals surface area contributed by atoms with Gasteiger partial charge in [-0.2, -0.15) is 0 Å². The molecule has 0 radical (unpaired) electrons. The molecule has 0 fully saturated rings. The summed E-state index contributed by atoms with van der Waals surface area (Å²) in [5, 5.41) is 2.74. The minimum atomic E-state index is -0.677. The van der Waals surface area contributed by atoms with Gasteiger partial charge in [-0.25, -0.2) is 4.39 Å². The van der Waals surface area contributed by atoms with Crippen molar-refractivity contribution in [3.8, 4) is 5.75 Å². The molecule has 2 aromatic rings. The second-order valence-corrected chi connectivity index (χ2v) is 5.13. The highest BCUT2D eigenvalue weighted by atomic mass is 79.9. The van der Waals surface area contributed by atoms with Gasteiger partial charge in [0.25, 0.3) is 5.91 Å². The van der Waals surface area contributed by atoms with Crippen molar-refractivity contribution in [2.75, 3.05) is 5.32 Å². The lowest BCUT2D eigenvalue weighted by Gasteiger charge is -2.14. The summed E-state index contributed by atoms with van der Waals surface area (Å²) in [5.41, 5.74) is 0.688. The zero-order chi connectivity index (χ0) is 14.5. The molecule has 0 saturated heterocycles. The molecule has 3 nitrogen and oxygen atoms in total. The number of nitrogens with one attached hydrogen (secondary N) is 1. The van der Waals surface area contributed by atoms with Gasteiger partial charge in [0.1, 0.15) is 11.6 Å². The standard InChI is InChI=1S/C15H13BrFNO2/c1-10(20-14-8-4-12(17)5-9-14)15(19)18-13-6-2-11(16)3-7-13/h2-10H,1H3,(H,18,19)/t10-/m0/s1. The van der Waals surface area contributed by atoms with Crippen LogP contribution in [0.2, 0.25) is 0 Å². The molecule has 0 heterocycles. The summed E-state index contributed by atoms with van der Waals surface area (Å²) in [6, 6.07) is 12.8. The van der Waals surface area contributed by atoms with Crippen LogP contribution in [0.1, 0.15) is 6.92 Å². The second kappa shape index (κ2) is 6.52. The van der Waals surface area contributed by atoms with Crippen molar-refractivity contribution >= 4 is 27.5 Å². The molecule has 0 aliphatic carbocycles. The van der Waals surface area contributed by atoms with Gasteiger partial charge in [-0.1, -0.05) is 15.9 Å². The Morgan fingerprint density at radius 1 is 1.15 bits per heavy atom. The Balaban J connectivity index is 1.94. The van der Waals surface area contributed by atoms with Crippen molar-refractivity contribution in [2.24, 2.45) is 0 Å². The third kappa shape index (κ3) is 4.06. The topological polar surface area (TPSA) is 38.3 Å². The van der Waals surface area contributed by atoms with E-state index in [-0.39, 0.29) is 11.7 Å². The van der Waals surface area contributed by atoms with Crippen LogP contribution < -0.4 is 10.1 Å². The molecule has 0 spiro atoms. The molecule has 5 heteroatoms. The first kappa shape index (κ1) is 14.5. The molecule has 0 saturated carbocycles. The van der Waals surface area contributed by atoms with Crippen LogP contribution in [0.25, 0.3) is 0 Å². The fourth-order valence-corrected chi connectivity index (χ4v) is 1.81. The Labute approximate surface area is 124 Å². The summed E-state index contributed by atoms with van der Waals surface area (Å²) in [6.45, 7) is 1.64. The van der Waals surface area contributed by atoms with Gasteiger partial charge in [0.2, 0.25) is 0 Å². The molecule has 1 atom stereocenters. The van der Waals surface area contributed by atoms with Gasteiger partial charge in [-0.15, -0.1) is 0 Å². The van der Waals surface area contributed by atoms with Crippen molar-refractivity contribution in [1.29, 1.82) is 0 Å². The van der Waals surface area contributed by atoms with Crippen LogP contribution in [-0.4, -0.2) is 12.0 Å². The smallest absolute Gasteiger partial charge is 0.265 e. The first-order chi connectivity index (χ1) is 9.54. The molecule has 104 valence electrons. The molecule has 0 unspecified atom stereocenters. The van der Waals surface area contributed by atoms with E-state index < -0.39 is 6.10 Å². The van der Waals surface area contributed by atoms with E-state index in [4.69, 9.17) is 4.74 Å². The van der Waals surface area contributed by atoms with Gasteiger partial charge < -0.3 is 10.1 Å². The number of carbonyl (C=O) groups excluding carboxylic acids is 1. The van der Waals surface area contributed by atoms with Gasteiger partial charge in [0.15, 0.2) is 6.10 Å². The Kier molecular flexibility index (Phi) is 4.74. The fourth-order valence-electron chi connectivity index (χ4n) is 1.55. The van der Waals surface area contributed by atoms with E-state index in [1.54, 1.807) is 19.1 Å². The van der Waals surface area contributed by atoms with Crippen LogP contribution in [0, 0.1) is 5.82 Å². The SMILES string of the molecule is C[C@H](Oc1ccc(F)cc1)C(=O)Nc1ccc(Br)cc1. The van der Waals surface area contributed by atoms with Crippen molar-refractivity contribution in [1.82, 2.24) is 0 Å². The normalized spacial score (nSPS) is 11.8. The highest BCUT2D eigenvalue weighted by molar-refractivity contribution is 9.10. The minimum absolute atomic E-state index is 0.267. The zero-order valence-corrected chi connectivity index (χ0v) is 12.4. The Bertz CT molecular complexity index is 584. The molecule has 0 aliphatic heterocycles. The lowest BCUT2D eigenvalue weighted by molar-refractivity contribution is -0.122. The number of hydrogen-bond acceptors (Lipinski definition) is 2. The molecule has 0 bridgehead atoms. The number of carbonyl (C=O) groups is 1. The monoisotopic (exact) mass is 337 g/mol. The predicted molar refractivity (Wildman–Crippen MR) is 79.3 cm³/mol. The highest BCUT2D eigenvalue weighted by Gasteiger charge is 2.14. The largest absolute Gasteiger partial charge is 0.481 e. The second-order valence-electron chi connectivity index (χ2n) is 4.21. The van der Waals surface area contributed by atoms with Gasteiger partial charge in [-0.3, -0.25) is 4.79 Å². The fraction of sp³-hybridized carbons (Fsp3) is 0.133. The molecule has 0 aliphatic rings. The predicted octanol–water partition coefficient (Wildman–Crippen LogP) is 3.99. The summed E-state index contributed by atoms with van der Waals surface area (Å²) >= 11 is 3.32. The number of amides is 1. The van der Waals surface area contributed by atoms with Crippen LogP contribution in [0.5, 0.6) is 5.75 Å². The average molecular weight is 338 g/mol. The Hall–Kier alpha value is -1.88. The molecular weight excluding hydrogens is 325 g/mol. The van der Waals surface area contributed by atoms with Gasteiger partial charge >= 0.3 is 0 Å². The van der Waals surface area contributed by atoms with Crippen LogP contribution in [0.4, 0.5) is 10.1 Å². The minimum Gasteiger partial charge on any atom is -0.481 e. The molecular formula is C15H13BrFNO2. The van der Waals surface area contributed by atoms with Crippen LogP contribution >= 0.6 is 15.9 Å². The maximum absolute atomic E-state index is 12.8. The van der Waals surface area contributed by atoms with Crippen LogP contribution in [0.3, 0.4) is 0 Å². The van der Waals surface area contributed by atoms with Gasteiger partial charge in [0, 0.05) is 10.2 Å². The van der Waals surface area contributed by atoms with Crippen molar-refractivity contribution in [3.05, 3.63) is 58.8 Å². The third-order valence-corrected chi connectivity index (χ3v) is 3.14. The maximum Gasteiger partial charge on any atom is 0.265 e. The van der Waals surface area contributed by atoms with Crippen molar-refractivity contribution in [2.45, 2.75) is 13.0 Å². The summed E-state index contributed by atoms with van der Waals surface area (Å²) in [7, 11) is 0.